The molecule has 3 heterocycles. The second-order valence-corrected chi connectivity index (χ2v) is 8.33. The van der Waals surface area contributed by atoms with Gasteiger partial charge < -0.3 is 4.74 Å². The Morgan fingerprint density at radius 2 is 1.89 bits per heavy atom. The van der Waals surface area contributed by atoms with Crippen LogP contribution in [0.25, 0.3) is 0 Å². The predicted molar refractivity (Wildman–Crippen MR) is 106 cm³/mol. The fraction of sp³-hybridized carbons (Fsp3) is 0.350. The van der Waals surface area contributed by atoms with E-state index < -0.39 is 29.1 Å². The molecule has 1 saturated heterocycles. The van der Waals surface area contributed by atoms with E-state index in [2.05, 4.69) is 25.9 Å². The van der Waals surface area contributed by atoms with Gasteiger partial charge >= 0.3 is 0 Å². The fourth-order valence-electron chi connectivity index (χ4n) is 3.31. The van der Waals surface area contributed by atoms with Crippen LogP contribution in [0.1, 0.15) is 32.4 Å². The molecule has 1 fully saturated rings. The van der Waals surface area contributed by atoms with Crippen molar-refractivity contribution in [3.8, 4) is 5.88 Å². The Kier molecular flexibility index (Phi) is 5.34. The van der Waals surface area contributed by atoms with E-state index in [9.17, 15) is 14.4 Å². The van der Waals surface area contributed by atoms with Gasteiger partial charge in [-0.05, 0) is 40.2 Å². The predicted octanol–water partition coefficient (Wildman–Crippen LogP) is 3.14. The zero-order chi connectivity index (χ0) is 20.6. The number of ether oxygens (including phenoxy) is 1. The molecular formula is C20H20BrN3O4. The number of methoxy groups -OCH3 is 1. The summed E-state index contributed by atoms with van der Waals surface area (Å²) >= 11 is 3.26. The molecule has 0 saturated carbocycles. The minimum atomic E-state index is -1.16. The number of pyridine rings is 2. The van der Waals surface area contributed by atoms with Crippen molar-refractivity contribution in [3.05, 3.63) is 46.8 Å². The van der Waals surface area contributed by atoms with Gasteiger partial charge in [-0.1, -0.05) is 20.8 Å². The molecule has 0 N–H and O–H groups in total. The average Bonchev–Trinajstić information content (AvgIpc) is 2.92. The number of carbonyl (C=O) groups is 3. The Morgan fingerprint density at radius 1 is 1.18 bits per heavy atom. The van der Waals surface area contributed by atoms with Crippen molar-refractivity contribution in [2.24, 2.45) is 11.3 Å². The van der Waals surface area contributed by atoms with Crippen LogP contribution < -0.4 is 9.64 Å². The van der Waals surface area contributed by atoms with Crippen LogP contribution in [0.3, 0.4) is 0 Å². The molecule has 2 atom stereocenters. The van der Waals surface area contributed by atoms with Gasteiger partial charge in [-0.25, -0.2) is 9.97 Å². The Hall–Kier alpha value is -2.61. The summed E-state index contributed by atoms with van der Waals surface area (Å²) in [6.45, 7) is 5.19. The Balaban J connectivity index is 2.23. The molecule has 0 radical (unpaired) electrons. The monoisotopic (exact) mass is 445 g/mol. The SMILES string of the molecule is COc1ncccc1C1C(C(=O)C(C)(C)C)C(=O)C(=O)N1c1ccc(Br)nc1. The summed E-state index contributed by atoms with van der Waals surface area (Å²) in [7, 11) is 1.45. The van der Waals surface area contributed by atoms with Gasteiger partial charge in [0.2, 0.25) is 11.7 Å². The van der Waals surface area contributed by atoms with Crippen LogP contribution in [0.5, 0.6) is 5.88 Å². The average molecular weight is 446 g/mol. The van der Waals surface area contributed by atoms with Gasteiger partial charge in [0.15, 0.2) is 5.78 Å². The molecular weight excluding hydrogens is 426 g/mol. The van der Waals surface area contributed by atoms with Crippen molar-refractivity contribution >= 4 is 39.1 Å². The van der Waals surface area contributed by atoms with E-state index in [4.69, 9.17) is 4.74 Å². The van der Waals surface area contributed by atoms with Gasteiger partial charge in [-0.3, -0.25) is 19.3 Å². The maximum atomic E-state index is 13.2. The quantitative estimate of drug-likeness (QED) is 0.407. The summed E-state index contributed by atoms with van der Waals surface area (Å²) in [6.07, 6.45) is 3.03. The lowest BCUT2D eigenvalue weighted by Crippen LogP contribution is -2.36. The molecule has 1 aliphatic heterocycles. The lowest BCUT2D eigenvalue weighted by Gasteiger charge is -2.30. The Morgan fingerprint density at radius 3 is 2.46 bits per heavy atom. The molecule has 2 aromatic rings. The third kappa shape index (κ3) is 3.44. The van der Waals surface area contributed by atoms with Crippen LogP contribution in [-0.4, -0.2) is 34.6 Å². The number of halogens is 1. The van der Waals surface area contributed by atoms with E-state index in [1.165, 1.54) is 18.2 Å². The molecule has 0 spiro atoms. The number of hydrogen-bond donors (Lipinski definition) is 0. The minimum absolute atomic E-state index is 0.261. The molecule has 1 aliphatic rings. The summed E-state index contributed by atoms with van der Waals surface area (Å²) < 4.78 is 5.94. The van der Waals surface area contributed by atoms with Crippen molar-refractivity contribution in [1.82, 2.24) is 9.97 Å². The summed E-state index contributed by atoms with van der Waals surface area (Å²) in [5.74, 6) is -2.69. The summed E-state index contributed by atoms with van der Waals surface area (Å²) in [4.78, 5) is 48.7. The highest BCUT2D eigenvalue weighted by Crippen LogP contribution is 2.44. The number of nitrogens with zero attached hydrogens (tertiary/aromatic N) is 3. The number of anilines is 1. The highest BCUT2D eigenvalue weighted by atomic mass is 79.9. The van der Waals surface area contributed by atoms with Gasteiger partial charge in [0.25, 0.3) is 5.91 Å². The molecule has 0 bridgehead atoms. The van der Waals surface area contributed by atoms with Crippen molar-refractivity contribution in [2.45, 2.75) is 26.8 Å². The first-order valence-electron chi connectivity index (χ1n) is 8.69. The van der Waals surface area contributed by atoms with Gasteiger partial charge in [0.1, 0.15) is 10.5 Å². The number of hydrogen-bond acceptors (Lipinski definition) is 6. The molecule has 0 aliphatic carbocycles. The lowest BCUT2D eigenvalue weighted by molar-refractivity contribution is -0.141. The number of amides is 1. The van der Waals surface area contributed by atoms with Crippen molar-refractivity contribution in [3.63, 3.8) is 0 Å². The van der Waals surface area contributed by atoms with E-state index in [-0.39, 0.29) is 11.7 Å². The topological polar surface area (TPSA) is 89.5 Å². The maximum Gasteiger partial charge on any atom is 0.295 e. The number of Topliss-reactive ketones (excluding diaryl/α,β-unsaturated/α-hetero) is 2. The molecule has 2 unspecified atom stereocenters. The first-order valence-corrected chi connectivity index (χ1v) is 9.48. The Bertz CT molecular complexity index is 937. The standard InChI is InChI=1S/C20H20BrN3O4/c1-20(2,3)17(26)14-15(12-6-5-9-22-18(12)28-4)24(19(27)16(14)25)11-7-8-13(21)23-10-11/h5-10,14-15H,1-4H3. The summed E-state index contributed by atoms with van der Waals surface area (Å²) in [6, 6.07) is 5.87. The van der Waals surface area contributed by atoms with Gasteiger partial charge in [0.05, 0.1) is 25.0 Å². The maximum absolute atomic E-state index is 13.2. The molecule has 3 rings (SSSR count). The highest BCUT2D eigenvalue weighted by Gasteiger charge is 2.55. The van der Waals surface area contributed by atoms with Crippen molar-refractivity contribution in [1.29, 1.82) is 0 Å². The summed E-state index contributed by atoms with van der Waals surface area (Å²) in [5, 5.41) is 0. The van der Waals surface area contributed by atoms with E-state index in [0.29, 0.717) is 15.9 Å². The first-order chi connectivity index (χ1) is 13.2. The fourth-order valence-corrected chi connectivity index (χ4v) is 3.54. The van der Waals surface area contributed by atoms with Crippen LogP contribution >= 0.6 is 15.9 Å². The van der Waals surface area contributed by atoms with E-state index in [0.717, 1.165) is 0 Å². The number of rotatable bonds is 4. The molecule has 146 valence electrons. The van der Waals surface area contributed by atoms with E-state index in [1.54, 1.807) is 51.2 Å². The number of carbonyl (C=O) groups excluding carboxylic acids is 3. The second-order valence-electron chi connectivity index (χ2n) is 7.52. The van der Waals surface area contributed by atoms with E-state index in [1.807, 2.05) is 0 Å². The Labute approximate surface area is 171 Å². The first kappa shape index (κ1) is 20.1. The summed E-state index contributed by atoms with van der Waals surface area (Å²) in [5.41, 5.74) is 0.110. The van der Waals surface area contributed by atoms with Crippen molar-refractivity contribution in [2.75, 3.05) is 12.0 Å². The van der Waals surface area contributed by atoms with Crippen LogP contribution in [-0.2, 0) is 14.4 Å². The van der Waals surface area contributed by atoms with Gasteiger partial charge in [0, 0.05) is 17.2 Å². The van der Waals surface area contributed by atoms with Crippen LogP contribution in [0.2, 0.25) is 0 Å². The zero-order valence-corrected chi connectivity index (χ0v) is 17.6. The van der Waals surface area contributed by atoms with Crippen LogP contribution in [0.15, 0.2) is 41.3 Å². The lowest BCUT2D eigenvalue weighted by atomic mass is 9.78. The third-order valence-electron chi connectivity index (χ3n) is 4.63. The molecule has 2 aromatic heterocycles. The molecule has 1 amide bonds. The van der Waals surface area contributed by atoms with E-state index >= 15 is 0 Å². The van der Waals surface area contributed by atoms with Crippen LogP contribution in [0, 0.1) is 11.3 Å². The van der Waals surface area contributed by atoms with Crippen molar-refractivity contribution < 1.29 is 19.1 Å². The van der Waals surface area contributed by atoms with Crippen LogP contribution in [0.4, 0.5) is 5.69 Å². The molecule has 8 heteroatoms. The zero-order valence-electron chi connectivity index (χ0n) is 16.0. The number of ketones is 2. The van der Waals surface area contributed by atoms with Gasteiger partial charge in [-0.2, -0.15) is 0 Å². The largest absolute Gasteiger partial charge is 0.481 e. The third-order valence-corrected chi connectivity index (χ3v) is 5.10. The minimum Gasteiger partial charge on any atom is -0.481 e. The molecule has 28 heavy (non-hydrogen) atoms. The highest BCUT2D eigenvalue weighted by molar-refractivity contribution is 9.10. The normalized spacial score (nSPS) is 19.8. The van der Waals surface area contributed by atoms with Gasteiger partial charge in [-0.15, -0.1) is 0 Å². The smallest absolute Gasteiger partial charge is 0.295 e. The molecule has 7 nitrogen and oxygen atoms in total. The molecule has 0 aromatic carbocycles. The number of aromatic nitrogens is 2. The second kappa shape index (κ2) is 7.43.